The van der Waals surface area contributed by atoms with Crippen LogP contribution in [-0.2, 0) is 13.0 Å². The van der Waals surface area contributed by atoms with Crippen LogP contribution < -0.4 is 10.4 Å². The lowest BCUT2D eigenvalue weighted by atomic mass is 10.1. The Hall–Kier alpha value is -2.75. The van der Waals surface area contributed by atoms with Crippen LogP contribution >= 0.6 is 11.5 Å². The fourth-order valence-electron chi connectivity index (χ4n) is 2.31. The van der Waals surface area contributed by atoms with E-state index >= 15 is 0 Å². The molecule has 0 amide bonds. The summed E-state index contributed by atoms with van der Waals surface area (Å²) in [6, 6.07) is 8.55. The summed E-state index contributed by atoms with van der Waals surface area (Å²) in [7, 11) is 0. The second-order valence-corrected chi connectivity index (χ2v) is 6.63. The molecule has 0 radical (unpaired) electrons. The molecule has 4 nitrogen and oxygen atoms in total. The summed E-state index contributed by atoms with van der Waals surface area (Å²) in [6.07, 6.45) is -4.53. The number of rotatable bonds is 5. The highest BCUT2D eigenvalue weighted by Gasteiger charge is 2.30. The van der Waals surface area contributed by atoms with Gasteiger partial charge in [-0.2, -0.15) is 4.98 Å². The fraction of sp³-hybridized carbons (Fsp3) is 0.176. The summed E-state index contributed by atoms with van der Waals surface area (Å²) in [5.74, 6) is -2.33. The van der Waals surface area contributed by atoms with Gasteiger partial charge in [-0.25, -0.2) is 17.5 Å². The molecule has 0 aliphatic rings. The first-order valence-corrected chi connectivity index (χ1v) is 8.32. The van der Waals surface area contributed by atoms with Gasteiger partial charge in [-0.3, -0.25) is 0 Å². The minimum atomic E-state index is -4.76. The molecule has 142 valence electrons. The monoisotopic (exact) mass is 402 g/mol. The molecule has 1 aromatic heterocycles. The predicted octanol–water partition coefficient (Wildman–Crippen LogP) is 4.12. The zero-order valence-electron chi connectivity index (χ0n) is 13.5. The van der Waals surface area contributed by atoms with Crippen LogP contribution in [0.2, 0.25) is 0 Å². The Labute approximate surface area is 153 Å². The van der Waals surface area contributed by atoms with Crippen molar-refractivity contribution in [3.63, 3.8) is 0 Å². The van der Waals surface area contributed by atoms with E-state index in [4.69, 9.17) is 0 Å². The Morgan fingerprint density at radius 1 is 1.00 bits per heavy atom. The van der Waals surface area contributed by atoms with E-state index in [0.29, 0.717) is 16.1 Å². The first-order chi connectivity index (χ1) is 12.7. The summed E-state index contributed by atoms with van der Waals surface area (Å²) < 4.78 is 67.7. The van der Waals surface area contributed by atoms with E-state index in [9.17, 15) is 26.7 Å². The Balaban J connectivity index is 1.71. The Morgan fingerprint density at radius 2 is 1.67 bits per heavy atom. The normalized spacial score (nSPS) is 11.6. The molecule has 2 aromatic carbocycles. The molecule has 10 heteroatoms. The highest BCUT2D eigenvalue weighted by Crippen LogP contribution is 2.23. The molecule has 0 unspecified atom stereocenters. The van der Waals surface area contributed by atoms with Gasteiger partial charge in [-0.15, -0.1) is 13.2 Å². The largest absolute Gasteiger partial charge is 0.573 e. The lowest BCUT2D eigenvalue weighted by molar-refractivity contribution is -0.274. The molecule has 1 heterocycles. The Bertz CT molecular complexity index is 996. The van der Waals surface area contributed by atoms with Crippen molar-refractivity contribution in [2.24, 2.45) is 0 Å². The third-order valence-corrected chi connectivity index (χ3v) is 4.42. The third kappa shape index (κ3) is 5.13. The van der Waals surface area contributed by atoms with Crippen molar-refractivity contribution in [1.29, 1.82) is 0 Å². The molecular weight excluding hydrogens is 391 g/mol. The van der Waals surface area contributed by atoms with Gasteiger partial charge in [0.2, 0.25) is 0 Å². The summed E-state index contributed by atoms with van der Waals surface area (Å²) in [6.45, 7) is 0.0338. The van der Waals surface area contributed by atoms with Crippen LogP contribution in [-0.4, -0.2) is 15.3 Å². The molecule has 0 saturated heterocycles. The summed E-state index contributed by atoms with van der Waals surface area (Å²) >= 11 is 1.04. The summed E-state index contributed by atoms with van der Waals surface area (Å²) in [4.78, 5) is 15.8. The number of ether oxygens (including phenoxy) is 1. The van der Waals surface area contributed by atoms with Gasteiger partial charge in [-0.1, -0.05) is 18.2 Å². The number of alkyl halides is 3. The first kappa shape index (κ1) is 19.0. The van der Waals surface area contributed by atoms with Crippen molar-refractivity contribution < 1.29 is 26.7 Å². The molecule has 27 heavy (non-hydrogen) atoms. The van der Waals surface area contributed by atoms with Gasteiger partial charge >= 0.3 is 12.1 Å². The van der Waals surface area contributed by atoms with Crippen LogP contribution in [0.25, 0.3) is 0 Å². The highest BCUT2D eigenvalue weighted by molar-refractivity contribution is 7.06. The van der Waals surface area contributed by atoms with Crippen molar-refractivity contribution in [3.05, 3.63) is 80.7 Å². The Kier molecular flexibility index (Phi) is 5.26. The Morgan fingerprint density at radius 3 is 2.30 bits per heavy atom. The number of halogens is 5. The van der Waals surface area contributed by atoms with Crippen molar-refractivity contribution in [2.75, 3.05) is 0 Å². The highest BCUT2D eigenvalue weighted by atomic mass is 32.1. The summed E-state index contributed by atoms with van der Waals surface area (Å²) in [5, 5.41) is 0.437. The second-order valence-electron chi connectivity index (χ2n) is 5.53. The van der Waals surface area contributed by atoms with E-state index in [1.807, 2.05) is 0 Å². The SMILES string of the molecule is O=c1nc(Cc2ccc(OC(F)(F)F)cc2)sn1Cc1ccc(F)c(F)c1. The van der Waals surface area contributed by atoms with Gasteiger partial charge < -0.3 is 4.74 Å². The maximum atomic E-state index is 13.3. The third-order valence-electron chi connectivity index (χ3n) is 3.47. The molecule has 0 saturated carbocycles. The average molecular weight is 402 g/mol. The van der Waals surface area contributed by atoms with Crippen LogP contribution in [0.1, 0.15) is 16.1 Å². The van der Waals surface area contributed by atoms with E-state index in [2.05, 4.69) is 9.72 Å². The lowest BCUT2D eigenvalue weighted by Gasteiger charge is -2.08. The van der Waals surface area contributed by atoms with Gasteiger partial charge in [0, 0.05) is 6.42 Å². The number of hydrogen-bond acceptors (Lipinski definition) is 4. The maximum absolute atomic E-state index is 13.3. The first-order valence-electron chi connectivity index (χ1n) is 7.55. The molecule has 0 aliphatic heterocycles. The second kappa shape index (κ2) is 7.47. The van der Waals surface area contributed by atoms with E-state index in [1.54, 1.807) is 0 Å². The minimum Gasteiger partial charge on any atom is -0.406 e. The van der Waals surface area contributed by atoms with Gasteiger partial charge in [0.25, 0.3) is 0 Å². The lowest BCUT2D eigenvalue weighted by Crippen LogP contribution is -2.17. The van der Waals surface area contributed by atoms with Crippen LogP contribution in [0.15, 0.2) is 47.3 Å². The van der Waals surface area contributed by atoms with Crippen LogP contribution in [0.4, 0.5) is 22.0 Å². The van der Waals surface area contributed by atoms with Crippen LogP contribution in [0.5, 0.6) is 5.75 Å². The van der Waals surface area contributed by atoms with Crippen LogP contribution in [0, 0.1) is 11.6 Å². The van der Waals surface area contributed by atoms with Crippen molar-refractivity contribution in [3.8, 4) is 5.75 Å². The summed E-state index contributed by atoms with van der Waals surface area (Å²) in [5.41, 5.74) is 0.495. The van der Waals surface area contributed by atoms with Crippen molar-refractivity contribution in [2.45, 2.75) is 19.3 Å². The fourth-order valence-corrected chi connectivity index (χ4v) is 3.25. The topological polar surface area (TPSA) is 44.1 Å². The predicted molar refractivity (Wildman–Crippen MR) is 87.8 cm³/mol. The zero-order chi connectivity index (χ0) is 19.6. The molecule has 0 fully saturated rings. The maximum Gasteiger partial charge on any atom is 0.573 e. The average Bonchev–Trinajstić information content (AvgIpc) is 2.91. The van der Waals surface area contributed by atoms with Crippen molar-refractivity contribution in [1.82, 2.24) is 8.94 Å². The molecule has 3 aromatic rings. The molecule has 0 bridgehead atoms. The number of nitrogens with zero attached hydrogens (tertiary/aromatic N) is 2. The zero-order valence-corrected chi connectivity index (χ0v) is 14.3. The van der Waals surface area contributed by atoms with Gasteiger partial charge in [0.05, 0.1) is 6.54 Å². The van der Waals surface area contributed by atoms with Gasteiger partial charge in [-0.05, 0) is 46.9 Å². The molecule has 0 N–H and O–H groups in total. The van der Waals surface area contributed by atoms with E-state index in [0.717, 1.165) is 23.7 Å². The number of hydrogen-bond donors (Lipinski definition) is 0. The standard InChI is InChI=1S/C17H11F5N2O2S/c18-13-6-3-11(7-14(13)19)9-24-16(25)23-15(27-24)8-10-1-4-12(5-2-10)26-17(20,21)22/h1-7H,8-9H2. The van der Waals surface area contributed by atoms with Crippen molar-refractivity contribution >= 4 is 11.5 Å². The molecule has 0 atom stereocenters. The molecule has 0 aliphatic carbocycles. The van der Waals surface area contributed by atoms with E-state index in [-0.39, 0.29) is 18.7 Å². The molecular formula is C17H11F5N2O2S. The molecule has 0 spiro atoms. The molecule has 3 rings (SSSR count). The number of benzene rings is 2. The van der Waals surface area contributed by atoms with Gasteiger partial charge in [0.1, 0.15) is 10.8 Å². The quantitative estimate of drug-likeness (QED) is 0.603. The number of aromatic nitrogens is 2. The van der Waals surface area contributed by atoms with Crippen LogP contribution in [0.3, 0.4) is 0 Å². The van der Waals surface area contributed by atoms with E-state index < -0.39 is 23.7 Å². The van der Waals surface area contributed by atoms with Gasteiger partial charge in [0.15, 0.2) is 11.6 Å². The smallest absolute Gasteiger partial charge is 0.406 e. The minimum absolute atomic E-state index is 0.0338. The van der Waals surface area contributed by atoms with E-state index in [1.165, 1.54) is 34.3 Å².